The van der Waals surface area contributed by atoms with E-state index in [2.05, 4.69) is 36.5 Å². The molecular formula is C15H22ClN. The van der Waals surface area contributed by atoms with E-state index in [1.54, 1.807) is 0 Å². The first-order valence-electron chi connectivity index (χ1n) is 6.73. The molecule has 0 bridgehead atoms. The minimum atomic E-state index is 0.414. The zero-order valence-electron chi connectivity index (χ0n) is 10.6. The maximum atomic E-state index is 6.10. The van der Waals surface area contributed by atoms with Gasteiger partial charge in [0.25, 0.3) is 0 Å². The quantitative estimate of drug-likeness (QED) is 0.801. The number of halogens is 1. The van der Waals surface area contributed by atoms with Crippen molar-refractivity contribution in [2.24, 2.45) is 0 Å². The van der Waals surface area contributed by atoms with E-state index < -0.39 is 0 Å². The van der Waals surface area contributed by atoms with Gasteiger partial charge in [-0.15, -0.1) is 11.6 Å². The van der Waals surface area contributed by atoms with Gasteiger partial charge in [0.15, 0.2) is 0 Å². The molecule has 1 aliphatic rings. The Balaban J connectivity index is 1.77. The molecule has 1 saturated carbocycles. The highest BCUT2D eigenvalue weighted by Crippen LogP contribution is 2.23. The maximum Gasteiger partial charge on any atom is 0.0337 e. The molecule has 17 heavy (non-hydrogen) atoms. The van der Waals surface area contributed by atoms with Gasteiger partial charge in [0, 0.05) is 18.0 Å². The summed E-state index contributed by atoms with van der Waals surface area (Å²) in [6.45, 7) is 3.18. The Labute approximate surface area is 110 Å². The first kappa shape index (κ1) is 12.9. The highest BCUT2D eigenvalue weighted by atomic mass is 35.5. The van der Waals surface area contributed by atoms with Crippen molar-refractivity contribution >= 4 is 11.6 Å². The molecule has 0 saturated heterocycles. The van der Waals surface area contributed by atoms with Crippen molar-refractivity contribution < 1.29 is 0 Å². The van der Waals surface area contributed by atoms with Crippen LogP contribution < -0.4 is 5.32 Å². The summed E-state index contributed by atoms with van der Waals surface area (Å²) in [5.74, 6) is 0. The van der Waals surface area contributed by atoms with Gasteiger partial charge >= 0.3 is 0 Å². The number of benzene rings is 1. The summed E-state index contributed by atoms with van der Waals surface area (Å²) in [4.78, 5) is 0. The fourth-order valence-corrected chi connectivity index (χ4v) is 2.66. The molecule has 0 spiro atoms. The average molecular weight is 252 g/mol. The van der Waals surface area contributed by atoms with Gasteiger partial charge in [-0.3, -0.25) is 0 Å². The van der Waals surface area contributed by atoms with E-state index in [-0.39, 0.29) is 0 Å². The van der Waals surface area contributed by atoms with Gasteiger partial charge < -0.3 is 5.32 Å². The Morgan fingerprint density at radius 2 is 1.65 bits per heavy atom. The van der Waals surface area contributed by atoms with Gasteiger partial charge in [-0.1, -0.05) is 31.2 Å². The molecule has 94 valence electrons. The molecule has 1 nitrogen and oxygen atoms in total. The molecule has 0 atom stereocenters. The fourth-order valence-electron chi connectivity index (χ4n) is 2.41. The molecule has 0 radical (unpaired) electrons. The molecule has 1 fully saturated rings. The van der Waals surface area contributed by atoms with Crippen molar-refractivity contribution in [2.45, 2.75) is 57.0 Å². The lowest BCUT2D eigenvalue weighted by atomic mass is 9.95. The molecule has 1 aliphatic carbocycles. The van der Waals surface area contributed by atoms with Crippen molar-refractivity contribution in [3.63, 3.8) is 0 Å². The monoisotopic (exact) mass is 251 g/mol. The van der Waals surface area contributed by atoms with E-state index >= 15 is 0 Å². The summed E-state index contributed by atoms with van der Waals surface area (Å²) in [5.41, 5.74) is 2.80. The van der Waals surface area contributed by atoms with Gasteiger partial charge in [-0.05, 0) is 43.2 Å². The molecular weight excluding hydrogens is 230 g/mol. The smallest absolute Gasteiger partial charge is 0.0337 e. The van der Waals surface area contributed by atoms with Crippen LogP contribution in [0.1, 0.15) is 43.7 Å². The van der Waals surface area contributed by atoms with E-state index in [4.69, 9.17) is 11.6 Å². The number of aryl methyl sites for hydroxylation is 1. The summed E-state index contributed by atoms with van der Waals surface area (Å²) in [7, 11) is 0. The third-order valence-corrected chi connectivity index (χ3v) is 4.12. The Morgan fingerprint density at radius 1 is 1.06 bits per heavy atom. The van der Waals surface area contributed by atoms with E-state index in [1.165, 1.54) is 24.0 Å². The van der Waals surface area contributed by atoms with Crippen molar-refractivity contribution in [2.75, 3.05) is 0 Å². The number of hydrogen-bond donors (Lipinski definition) is 1. The fraction of sp³-hybridized carbons (Fsp3) is 0.600. The van der Waals surface area contributed by atoms with E-state index in [1.807, 2.05) is 0 Å². The topological polar surface area (TPSA) is 12.0 Å². The number of rotatable bonds is 4. The van der Waals surface area contributed by atoms with Crippen LogP contribution >= 0.6 is 11.6 Å². The minimum absolute atomic E-state index is 0.414. The Morgan fingerprint density at radius 3 is 2.24 bits per heavy atom. The number of alkyl halides is 1. The second kappa shape index (κ2) is 6.42. The summed E-state index contributed by atoms with van der Waals surface area (Å²) >= 11 is 6.10. The van der Waals surface area contributed by atoms with Gasteiger partial charge in [0.1, 0.15) is 0 Å². The molecule has 1 N–H and O–H groups in total. The Hall–Kier alpha value is -0.530. The standard InChI is InChI=1S/C15H22ClN/c1-2-12-3-5-13(6-4-12)11-17-15-9-7-14(16)8-10-15/h3-6,14-15,17H,2,7-11H2,1H3. The number of nitrogens with one attached hydrogen (secondary N) is 1. The summed E-state index contributed by atoms with van der Waals surface area (Å²) in [6, 6.07) is 9.59. The lowest BCUT2D eigenvalue weighted by Gasteiger charge is -2.26. The minimum Gasteiger partial charge on any atom is -0.310 e. The van der Waals surface area contributed by atoms with E-state index in [0.717, 1.165) is 25.8 Å². The van der Waals surface area contributed by atoms with Crippen molar-refractivity contribution in [1.29, 1.82) is 0 Å². The molecule has 0 aliphatic heterocycles. The van der Waals surface area contributed by atoms with Crippen molar-refractivity contribution in [3.05, 3.63) is 35.4 Å². The maximum absolute atomic E-state index is 6.10. The van der Waals surface area contributed by atoms with Crippen LogP contribution in [0, 0.1) is 0 Å². The molecule has 0 unspecified atom stereocenters. The molecule has 1 aromatic rings. The molecule has 2 rings (SSSR count). The van der Waals surface area contributed by atoms with Crippen LogP contribution in [0.4, 0.5) is 0 Å². The largest absolute Gasteiger partial charge is 0.310 e. The lowest BCUT2D eigenvalue weighted by molar-refractivity contribution is 0.376. The first-order valence-corrected chi connectivity index (χ1v) is 7.17. The second-order valence-corrected chi connectivity index (χ2v) is 5.62. The summed E-state index contributed by atoms with van der Waals surface area (Å²) in [5, 5.41) is 4.05. The normalized spacial score (nSPS) is 24.8. The van der Waals surface area contributed by atoms with Crippen LogP contribution in [0.3, 0.4) is 0 Å². The van der Waals surface area contributed by atoms with Crippen molar-refractivity contribution in [1.82, 2.24) is 5.32 Å². The molecule has 0 aromatic heterocycles. The van der Waals surface area contributed by atoms with Gasteiger partial charge in [0.2, 0.25) is 0 Å². The highest BCUT2D eigenvalue weighted by molar-refractivity contribution is 6.20. The third kappa shape index (κ3) is 4.01. The van der Waals surface area contributed by atoms with E-state index in [0.29, 0.717) is 11.4 Å². The summed E-state index contributed by atoms with van der Waals surface area (Å²) in [6.07, 6.45) is 5.89. The zero-order chi connectivity index (χ0) is 12.1. The first-order chi connectivity index (χ1) is 8.28. The predicted octanol–water partition coefficient (Wildman–Crippen LogP) is 3.89. The van der Waals surface area contributed by atoms with Gasteiger partial charge in [0.05, 0.1) is 0 Å². The van der Waals surface area contributed by atoms with Crippen LogP contribution in [0.25, 0.3) is 0 Å². The van der Waals surface area contributed by atoms with Crippen LogP contribution in [0.2, 0.25) is 0 Å². The second-order valence-electron chi connectivity index (χ2n) is 5.00. The number of hydrogen-bond acceptors (Lipinski definition) is 1. The Bertz CT molecular complexity index is 325. The zero-order valence-corrected chi connectivity index (χ0v) is 11.3. The average Bonchev–Trinajstić information content (AvgIpc) is 2.39. The van der Waals surface area contributed by atoms with Gasteiger partial charge in [-0.2, -0.15) is 0 Å². The van der Waals surface area contributed by atoms with Crippen LogP contribution in [0.15, 0.2) is 24.3 Å². The predicted molar refractivity (Wildman–Crippen MR) is 74.6 cm³/mol. The summed E-state index contributed by atoms with van der Waals surface area (Å²) < 4.78 is 0. The molecule has 1 aromatic carbocycles. The van der Waals surface area contributed by atoms with Crippen LogP contribution in [-0.2, 0) is 13.0 Å². The molecule has 2 heteroatoms. The van der Waals surface area contributed by atoms with Crippen LogP contribution in [0.5, 0.6) is 0 Å². The SMILES string of the molecule is CCc1ccc(CNC2CCC(Cl)CC2)cc1. The van der Waals surface area contributed by atoms with Gasteiger partial charge in [-0.25, -0.2) is 0 Å². The lowest BCUT2D eigenvalue weighted by Crippen LogP contribution is -2.32. The third-order valence-electron chi connectivity index (χ3n) is 3.68. The molecule has 0 heterocycles. The van der Waals surface area contributed by atoms with E-state index in [9.17, 15) is 0 Å². The highest BCUT2D eigenvalue weighted by Gasteiger charge is 2.18. The van der Waals surface area contributed by atoms with Crippen molar-refractivity contribution in [3.8, 4) is 0 Å². The molecule has 0 amide bonds. The van der Waals surface area contributed by atoms with Crippen LogP contribution in [-0.4, -0.2) is 11.4 Å². The Kier molecular flexibility index (Phi) is 4.87.